The van der Waals surface area contributed by atoms with Crippen LogP contribution in [0.4, 0.5) is 5.69 Å². The van der Waals surface area contributed by atoms with E-state index in [1.807, 2.05) is 30.3 Å². The number of carbonyl (C=O) groups is 2. The summed E-state index contributed by atoms with van der Waals surface area (Å²) < 4.78 is 0. The number of rotatable bonds is 6. The van der Waals surface area contributed by atoms with E-state index in [2.05, 4.69) is 10.6 Å². The Morgan fingerprint density at radius 1 is 0.920 bits per heavy atom. The van der Waals surface area contributed by atoms with Gasteiger partial charge in [0.25, 0.3) is 0 Å². The van der Waals surface area contributed by atoms with E-state index in [4.69, 9.17) is 0 Å². The lowest BCUT2D eigenvalue weighted by Crippen LogP contribution is -2.60. The Morgan fingerprint density at radius 2 is 1.48 bits per heavy atom. The van der Waals surface area contributed by atoms with Gasteiger partial charge < -0.3 is 10.6 Å². The molecule has 0 aromatic heterocycles. The van der Waals surface area contributed by atoms with E-state index in [0.29, 0.717) is 11.5 Å². The van der Waals surface area contributed by atoms with Crippen LogP contribution in [-0.2, 0) is 9.59 Å². The normalized spacial score (nSPS) is 32.4. The zero-order valence-corrected chi connectivity index (χ0v) is 15.3. The lowest BCUT2D eigenvalue weighted by molar-refractivity contribution is -0.124. The fraction of sp³-hybridized carbons (Fsp3) is 0.600. The van der Waals surface area contributed by atoms with Crippen molar-refractivity contribution in [1.82, 2.24) is 5.32 Å². The Labute approximate surface area is 153 Å². The number of benzene rings is 1. The topological polar surface area (TPSA) is 58.2 Å². The average molecular weight is 359 g/mol. The third kappa shape index (κ3) is 4.02. The molecule has 1 aromatic rings. The van der Waals surface area contributed by atoms with E-state index < -0.39 is 0 Å². The fourth-order valence-electron chi connectivity index (χ4n) is 5.55. The highest BCUT2D eigenvalue weighted by atomic mass is 32.2. The molecule has 134 valence electrons. The Morgan fingerprint density at radius 3 is 2.08 bits per heavy atom. The summed E-state index contributed by atoms with van der Waals surface area (Å²) in [6.45, 7) is 0. The first-order valence-electron chi connectivity index (χ1n) is 9.34. The molecule has 0 radical (unpaired) electrons. The quantitative estimate of drug-likeness (QED) is 0.819. The van der Waals surface area contributed by atoms with E-state index in [0.717, 1.165) is 23.4 Å². The van der Waals surface area contributed by atoms with Crippen molar-refractivity contribution < 1.29 is 9.59 Å². The molecule has 25 heavy (non-hydrogen) atoms. The maximum atomic E-state index is 12.4. The molecule has 1 aromatic carbocycles. The van der Waals surface area contributed by atoms with Gasteiger partial charge in [-0.25, -0.2) is 0 Å². The molecule has 5 heteroatoms. The van der Waals surface area contributed by atoms with E-state index in [1.165, 1.54) is 50.3 Å². The Kier molecular flexibility index (Phi) is 4.76. The smallest absolute Gasteiger partial charge is 0.234 e. The van der Waals surface area contributed by atoms with Gasteiger partial charge in [0.1, 0.15) is 0 Å². The summed E-state index contributed by atoms with van der Waals surface area (Å²) in [7, 11) is 0. The molecule has 0 heterocycles. The van der Waals surface area contributed by atoms with Gasteiger partial charge in [-0.15, -0.1) is 11.8 Å². The van der Waals surface area contributed by atoms with Crippen LogP contribution in [0.2, 0.25) is 0 Å². The number of amides is 2. The van der Waals surface area contributed by atoms with Gasteiger partial charge in [-0.3, -0.25) is 9.59 Å². The van der Waals surface area contributed by atoms with Gasteiger partial charge in [0.05, 0.1) is 11.5 Å². The van der Waals surface area contributed by atoms with Crippen LogP contribution in [0.5, 0.6) is 0 Å². The summed E-state index contributed by atoms with van der Waals surface area (Å²) in [5.41, 5.74) is 0.865. The summed E-state index contributed by atoms with van der Waals surface area (Å²) in [6.07, 6.45) is 7.65. The predicted molar refractivity (Wildman–Crippen MR) is 101 cm³/mol. The van der Waals surface area contributed by atoms with Crippen LogP contribution in [0.25, 0.3) is 0 Å². The number of carbonyl (C=O) groups excluding carboxylic acids is 2. The Bertz CT molecular complexity index is 611. The van der Waals surface area contributed by atoms with Crippen molar-refractivity contribution in [3.05, 3.63) is 30.3 Å². The van der Waals surface area contributed by atoms with Crippen molar-refractivity contribution in [2.75, 3.05) is 16.8 Å². The average Bonchev–Trinajstić information content (AvgIpc) is 2.53. The van der Waals surface area contributed by atoms with Gasteiger partial charge in [0.15, 0.2) is 0 Å². The van der Waals surface area contributed by atoms with Crippen LogP contribution >= 0.6 is 11.8 Å². The van der Waals surface area contributed by atoms with Crippen molar-refractivity contribution in [2.24, 2.45) is 17.8 Å². The predicted octanol–water partition coefficient (Wildman–Crippen LogP) is 3.44. The number of hydrogen-bond donors (Lipinski definition) is 2. The summed E-state index contributed by atoms with van der Waals surface area (Å²) in [6, 6.07) is 9.42. The maximum Gasteiger partial charge on any atom is 0.234 e. The maximum absolute atomic E-state index is 12.4. The molecule has 2 N–H and O–H groups in total. The molecule has 0 unspecified atom stereocenters. The SMILES string of the molecule is O=C(CSCC(=O)NC12CC3CC(CC(C3)C1)C2)Nc1ccccc1. The van der Waals surface area contributed by atoms with Crippen LogP contribution in [0.1, 0.15) is 38.5 Å². The van der Waals surface area contributed by atoms with E-state index in [1.54, 1.807) is 0 Å². The van der Waals surface area contributed by atoms with Crippen LogP contribution in [0.15, 0.2) is 30.3 Å². The van der Waals surface area contributed by atoms with E-state index >= 15 is 0 Å². The zero-order chi connectivity index (χ0) is 17.3. The molecule has 5 rings (SSSR count). The second kappa shape index (κ2) is 7.02. The van der Waals surface area contributed by atoms with Crippen LogP contribution in [0.3, 0.4) is 0 Å². The highest BCUT2D eigenvalue weighted by Gasteiger charge is 2.51. The summed E-state index contributed by atoms with van der Waals surface area (Å²) in [5, 5.41) is 6.21. The van der Waals surface area contributed by atoms with Crippen molar-refractivity contribution in [3.8, 4) is 0 Å². The molecule has 4 fully saturated rings. The van der Waals surface area contributed by atoms with E-state index in [-0.39, 0.29) is 17.4 Å². The minimum atomic E-state index is -0.0567. The lowest BCUT2D eigenvalue weighted by Gasteiger charge is -2.56. The molecule has 4 aliphatic carbocycles. The Balaban J connectivity index is 1.21. The van der Waals surface area contributed by atoms with Crippen molar-refractivity contribution in [3.63, 3.8) is 0 Å². The summed E-state index contributed by atoms with van der Waals surface area (Å²) in [4.78, 5) is 24.3. The molecule has 0 spiro atoms. The molecule has 4 saturated carbocycles. The largest absolute Gasteiger partial charge is 0.350 e. The van der Waals surface area contributed by atoms with Gasteiger partial charge in [0, 0.05) is 11.2 Å². The van der Waals surface area contributed by atoms with Gasteiger partial charge >= 0.3 is 0 Å². The van der Waals surface area contributed by atoms with Gasteiger partial charge in [-0.2, -0.15) is 0 Å². The fourth-order valence-corrected chi connectivity index (χ4v) is 6.17. The molecule has 0 atom stereocenters. The molecular weight excluding hydrogens is 332 g/mol. The van der Waals surface area contributed by atoms with Crippen molar-refractivity contribution >= 4 is 29.3 Å². The first kappa shape index (κ1) is 17.0. The van der Waals surface area contributed by atoms with Gasteiger partial charge in [0.2, 0.25) is 11.8 Å². The first-order chi connectivity index (χ1) is 12.1. The minimum Gasteiger partial charge on any atom is -0.350 e. The van der Waals surface area contributed by atoms with Crippen molar-refractivity contribution in [2.45, 2.75) is 44.1 Å². The third-order valence-corrected chi connectivity index (χ3v) is 6.90. The number of thioether (sulfide) groups is 1. The van der Waals surface area contributed by atoms with Crippen LogP contribution < -0.4 is 10.6 Å². The zero-order valence-electron chi connectivity index (χ0n) is 14.5. The number of para-hydroxylation sites is 1. The summed E-state index contributed by atoms with van der Waals surface area (Å²) >= 11 is 1.39. The number of nitrogens with one attached hydrogen (secondary N) is 2. The molecule has 0 saturated heterocycles. The lowest BCUT2D eigenvalue weighted by atomic mass is 9.53. The second-order valence-electron chi connectivity index (χ2n) is 8.15. The third-order valence-electron chi connectivity index (χ3n) is 5.97. The monoisotopic (exact) mass is 358 g/mol. The molecular formula is C20H26N2O2S. The molecule has 4 bridgehead atoms. The first-order valence-corrected chi connectivity index (χ1v) is 10.5. The summed E-state index contributed by atoms with van der Waals surface area (Å²) in [5.74, 6) is 3.20. The van der Waals surface area contributed by atoms with Gasteiger partial charge in [-0.1, -0.05) is 18.2 Å². The highest BCUT2D eigenvalue weighted by Crippen LogP contribution is 2.55. The Hall–Kier alpha value is -1.49. The van der Waals surface area contributed by atoms with Crippen molar-refractivity contribution in [1.29, 1.82) is 0 Å². The molecule has 4 nitrogen and oxygen atoms in total. The number of anilines is 1. The van der Waals surface area contributed by atoms with Gasteiger partial charge in [-0.05, 0) is 68.4 Å². The standard InChI is InChI=1S/C20H26N2O2S/c23-18(21-17-4-2-1-3-5-17)12-25-13-19(24)22-20-9-14-6-15(10-20)8-16(7-14)11-20/h1-5,14-16H,6-13H2,(H,21,23)(H,22,24). The molecule has 2 amide bonds. The van der Waals surface area contributed by atoms with E-state index in [9.17, 15) is 9.59 Å². The second-order valence-corrected chi connectivity index (χ2v) is 9.14. The molecule has 4 aliphatic rings. The highest BCUT2D eigenvalue weighted by molar-refractivity contribution is 8.00. The van der Waals surface area contributed by atoms with Crippen LogP contribution in [0, 0.1) is 17.8 Å². The number of hydrogen-bond acceptors (Lipinski definition) is 3. The molecule has 0 aliphatic heterocycles. The minimum absolute atomic E-state index is 0.0567. The van der Waals surface area contributed by atoms with Crippen LogP contribution in [-0.4, -0.2) is 28.9 Å².